The minimum atomic E-state index is -0.247. The summed E-state index contributed by atoms with van der Waals surface area (Å²) >= 11 is 0. The Morgan fingerprint density at radius 1 is 1.42 bits per heavy atom. The van der Waals surface area contributed by atoms with E-state index in [1.807, 2.05) is 11.9 Å². The van der Waals surface area contributed by atoms with E-state index in [0.717, 1.165) is 12.8 Å². The predicted octanol–water partition coefficient (Wildman–Crippen LogP) is 1.88. The summed E-state index contributed by atoms with van der Waals surface area (Å²) in [6.07, 6.45) is 2.06. The van der Waals surface area contributed by atoms with Crippen LogP contribution in [0.25, 0.3) is 0 Å². The molecule has 0 aromatic heterocycles. The number of rotatable bonds is 4. The van der Waals surface area contributed by atoms with Gasteiger partial charge in [0, 0.05) is 5.41 Å². The van der Waals surface area contributed by atoms with Gasteiger partial charge in [-0.05, 0) is 38.1 Å². The quantitative estimate of drug-likeness (QED) is 0.730. The molecule has 0 heterocycles. The molecule has 2 fully saturated rings. The zero-order valence-electron chi connectivity index (χ0n) is 12.7. The van der Waals surface area contributed by atoms with Gasteiger partial charge in [-0.15, -0.1) is 0 Å². The number of fused-ring (bicyclic) bond motifs is 2. The molecular weight excluding hydrogens is 242 g/mol. The molecule has 2 rings (SSSR count). The fourth-order valence-electron chi connectivity index (χ4n) is 4.05. The Balaban J connectivity index is 2.15. The molecule has 108 valence electrons. The van der Waals surface area contributed by atoms with Crippen LogP contribution in [0, 0.1) is 16.7 Å². The highest BCUT2D eigenvalue weighted by Gasteiger charge is 2.66. The van der Waals surface area contributed by atoms with Gasteiger partial charge in [0.1, 0.15) is 0 Å². The number of ether oxygens (including phenoxy) is 1. The molecule has 2 bridgehead atoms. The molecule has 0 aromatic rings. The van der Waals surface area contributed by atoms with Crippen molar-refractivity contribution in [1.29, 1.82) is 0 Å². The van der Waals surface area contributed by atoms with E-state index in [-0.39, 0.29) is 29.4 Å². The minimum absolute atomic E-state index is 0.0255. The lowest BCUT2D eigenvalue weighted by Gasteiger charge is -2.32. The average Bonchev–Trinajstić information content (AvgIpc) is 2.61. The Labute approximate surface area is 115 Å². The second-order valence-corrected chi connectivity index (χ2v) is 6.73. The maximum absolute atomic E-state index is 12.7. The summed E-state index contributed by atoms with van der Waals surface area (Å²) in [6.45, 7) is 8.87. The maximum atomic E-state index is 12.7. The molecule has 2 saturated carbocycles. The summed E-state index contributed by atoms with van der Waals surface area (Å²) in [5.41, 5.74) is -0.205. The second-order valence-electron chi connectivity index (χ2n) is 6.73. The molecule has 0 unspecified atom stereocenters. The normalized spacial score (nSPS) is 36.0. The molecule has 0 spiro atoms. The Morgan fingerprint density at radius 2 is 2.05 bits per heavy atom. The van der Waals surface area contributed by atoms with Crippen molar-refractivity contribution in [2.75, 3.05) is 20.2 Å². The van der Waals surface area contributed by atoms with Crippen LogP contribution in [-0.2, 0) is 14.3 Å². The van der Waals surface area contributed by atoms with E-state index in [1.165, 1.54) is 0 Å². The fraction of sp³-hybridized carbons (Fsp3) is 0.867. The van der Waals surface area contributed by atoms with Gasteiger partial charge < -0.3 is 4.74 Å². The maximum Gasteiger partial charge on any atom is 0.320 e. The summed E-state index contributed by atoms with van der Waals surface area (Å²) in [5, 5.41) is 0. The number of Topliss-reactive ketones (excluding diaryl/α,β-unsaturated/α-hetero) is 1. The highest BCUT2D eigenvalue weighted by atomic mass is 16.5. The van der Waals surface area contributed by atoms with Gasteiger partial charge >= 0.3 is 5.97 Å². The zero-order valence-corrected chi connectivity index (χ0v) is 12.7. The first kappa shape index (κ1) is 14.5. The van der Waals surface area contributed by atoms with E-state index in [1.54, 1.807) is 6.92 Å². The monoisotopic (exact) mass is 267 g/mol. The Bertz CT molecular complexity index is 404. The van der Waals surface area contributed by atoms with Gasteiger partial charge in [0.15, 0.2) is 5.78 Å². The second kappa shape index (κ2) is 4.58. The highest BCUT2D eigenvalue weighted by molar-refractivity contribution is 5.94. The largest absolute Gasteiger partial charge is 0.465 e. The van der Waals surface area contributed by atoms with Crippen LogP contribution in [0.2, 0.25) is 0 Å². The van der Waals surface area contributed by atoms with E-state index in [2.05, 4.69) is 20.8 Å². The van der Waals surface area contributed by atoms with Gasteiger partial charge in [-0.3, -0.25) is 14.5 Å². The molecule has 2 aliphatic carbocycles. The summed E-state index contributed by atoms with van der Waals surface area (Å²) in [4.78, 5) is 26.2. The molecule has 0 radical (unpaired) electrons. The van der Waals surface area contributed by atoms with Crippen molar-refractivity contribution in [3.05, 3.63) is 0 Å². The number of carbonyl (C=O) groups excluding carboxylic acids is 2. The smallest absolute Gasteiger partial charge is 0.320 e. The number of carbonyl (C=O) groups is 2. The average molecular weight is 267 g/mol. The summed E-state index contributed by atoms with van der Waals surface area (Å²) in [6, 6.07) is -0.127. The lowest BCUT2D eigenvalue weighted by molar-refractivity contribution is -0.145. The standard InChI is InChI=1S/C15H25NO3/c1-6-19-11(17)9-16(5)12-10-7-8-15(4,13(12)18)14(10,2)3/h10,12H,6-9H2,1-5H3/t10-,12-,15-/m1/s1. The molecule has 3 atom stereocenters. The molecule has 2 aliphatic rings. The summed E-state index contributed by atoms with van der Waals surface area (Å²) in [5.74, 6) is 0.411. The number of ketones is 1. The molecular formula is C15H25NO3. The molecule has 0 saturated heterocycles. The number of likely N-dealkylation sites (N-methyl/N-ethyl adjacent to an activating group) is 1. The third kappa shape index (κ3) is 1.92. The fourth-order valence-corrected chi connectivity index (χ4v) is 4.05. The third-order valence-corrected chi connectivity index (χ3v) is 5.66. The van der Waals surface area contributed by atoms with Crippen molar-refractivity contribution >= 4 is 11.8 Å². The SMILES string of the molecule is CCOC(=O)CN(C)[C@H]1C(=O)[C@@]2(C)CC[C@H]1C2(C)C. The number of hydrogen-bond acceptors (Lipinski definition) is 4. The Hall–Kier alpha value is -0.900. The topological polar surface area (TPSA) is 46.6 Å². The Kier molecular flexibility index (Phi) is 3.50. The van der Waals surface area contributed by atoms with Crippen LogP contribution in [0.1, 0.15) is 40.5 Å². The minimum Gasteiger partial charge on any atom is -0.465 e. The molecule has 4 heteroatoms. The van der Waals surface area contributed by atoms with Crippen LogP contribution >= 0.6 is 0 Å². The van der Waals surface area contributed by atoms with Crippen molar-refractivity contribution in [1.82, 2.24) is 4.90 Å². The molecule has 0 aliphatic heterocycles. The van der Waals surface area contributed by atoms with Crippen molar-refractivity contribution in [2.24, 2.45) is 16.7 Å². The summed E-state index contributed by atoms with van der Waals surface area (Å²) < 4.78 is 4.97. The predicted molar refractivity (Wildman–Crippen MR) is 72.7 cm³/mol. The van der Waals surface area contributed by atoms with Gasteiger partial charge in [0.2, 0.25) is 0 Å². The van der Waals surface area contributed by atoms with E-state index >= 15 is 0 Å². The molecule has 19 heavy (non-hydrogen) atoms. The lowest BCUT2D eigenvalue weighted by atomic mass is 9.70. The van der Waals surface area contributed by atoms with E-state index < -0.39 is 0 Å². The zero-order chi connectivity index (χ0) is 14.4. The first-order valence-corrected chi connectivity index (χ1v) is 7.16. The highest BCUT2D eigenvalue weighted by Crippen LogP contribution is 2.64. The number of nitrogens with zero attached hydrogens (tertiary/aromatic N) is 1. The van der Waals surface area contributed by atoms with Crippen molar-refractivity contribution in [3.63, 3.8) is 0 Å². The third-order valence-electron chi connectivity index (χ3n) is 5.66. The first-order chi connectivity index (χ1) is 8.75. The molecule has 0 N–H and O–H groups in total. The van der Waals surface area contributed by atoms with Crippen LogP contribution in [0.5, 0.6) is 0 Å². The van der Waals surface area contributed by atoms with Crippen molar-refractivity contribution < 1.29 is 14.3 Å². The van der Waals surface area contributed by atoms with Gasteiger partial charge in [-0.2, -0.15) is 0 Å². The number of esters is 1. The van der Waals surface area contributed by atoms with Gasteiger partial charge in [-0.1, -0.05) is 20.8 Å². The molecule has 4 nitrogen and oxygen atoms in total. The van der Waals surface area contributed by atoms with Gasteiger partial charge in [0.25, 0.3) is 0 Å². The van der Waals surface area contributed by atoms with Crippen LogP contribution < -0.4 is 0 Å². The molecule has 0 amide bonds. The van der Waals surface area contributed by atoms with E-state index in [9.17, 15) is 9.59 Å². The Morgan fingerprint density at radius 3 is 2.53 bits per heavy atom. The van der Waals surface area contributed by atoms with Crippen LogP contribution in [0.3, 0.4) is 0 Å². The first-order valence-electron chi connectivity index (χ1n) is 7.16. The van der Waals surface area contributed by atoms with Crippen LogP contribution in [0.4, 0.5) is 0 Å². The van der Waals surface area contributed by atoms with Crippen molar-refractivity contribution in [2.45, 2.75) is 46.6 Å². The van der Waals surface area contributed by atoms with Gasteiger partial charge in [-0.25, -0.2) is 0 Å². The summed E-state index contributed by atoms with van der Waals surface area (Å²) in [7, 11) is 1.86. The lowest BCUT2D eigenvalue weighted by Crippen LogP contribution is -2.46. The van der Waals surface area contributed by atoms with E-state index in [4.69, 9.17) is 4.74 Å². The molecule has 0 aromatic carbocycles. The van der Waals surface area contributed by atoms with E-state index in [0.29, 0.717) is 18.3 Å². The van der Waals surface area contributed by atoms with Crippen LogP contribution in [-0.4, -0.2) is 42.9 Å². The van der Waals surface area contributed by atoms with Crippen LogP contribution in [0.15, 0.2) is 0 Å². The number of hydrogen-bond donors (Lipinski definition) is 0. The van der Waals surface area contributed by atoms with Gasteiger partial charge in [0.05, 0.1) is 19.2 Å². The van der Waals surface area contributed by atoms with Crippen molar-refractivity contribution in [3.8, 4) is 0 Å².